The van der Waals surface area contributed by atoms with Gasteiger partial charge in [-0.05, 0) is 41.5 Å². The minimum atomic E-state index is -4.48. The van der Waals surface area contributed by atoms with Crippen molar-refractivity contribution in [3.8, 4) is 0 Å². The summed E-state index contributed by atoms with van der Waals surface area (Å²) in [6.45, 7) is 0. The number of hydrogen-bond acceptors (Lipinski definition) is 1. The molecule has 2 aromatic carbocycles. The van der Waals surface area contributed by atoms with Gasteiger partial charge in [0.05, 0.1) is 17.9 Å². The zero-order valence-electron chi connectivity index (χ0n) is 13.3. The van der Waals surface area contributed by atoms with Crippen LogP contribution < -0.4 is 5.73 Å². The lowest BCUT2D eigenvalue weighted by Gasteiger charge is -2.18. The van der Waals surface area contributed by atoms with E-state index in [2.05, 4.69) is 9.98 Å². The quantitative estimate of drug-likeness (QED) is 0.486. The first kappa shape index (κ1) is 20.0. The summed E-state index contributed by atoms with van der Waals surface area (Å²) in [7, 11) is 0. The molecule has 0 heterocycles. The molecule has 2 aromatic rings. The third-order valence-electron chi connectivity index (χ3n) is 3.33. The fourth-order valence-corrected chi connectivity index (χ4v) is 2.72. The van der Waals surface area contributed by atoms with Gasteiger partial charge in [0.2, 0.25) is 0 Å². The number of hydrogen-bond donors (Lipinski definition) is 1. The Balaban J connectivity index is 2.25. The first-order valence-electron chi connectivity index (χ1n) is 7.36. The Morgan fingerprint density at radius 1 is 1.00 bits per heavy atom. The van der Waals surface area contributed by atoms with E-state index in [9.17, 15) is 13.2 Å². The van der Waals surface area contributed by atoms with Gasteiger partial charge in [-0.15, -0.1) is 0 Å². The number of benzene rings is 2. The molecule has 1 unspecified atom stereocenters. The van der Waals surface area contributed by atoms with E-state index in [-0.39, 0.29) is 15.6 Å². The SMILES string of the molecule is NC=NC=Nc1ccc(/C=C/C(c2cc(Cl)cc(Cl)c2)C(F)(F)F)cc1. The molecule has 0 spiro atoms. The van der Waals surface area contributed by atoms with Crippen molar-refractivity contribution >= 4 is 47.6 Å². The summed E-state index contributed by atoms with van der Waals surface area (Å²) in [5.74, 6) is -1.82. The van der Waals surface area contributed by atoms with E-state index in [1.54, 1.807) is 24.3 Å². The first-order chi connectivity index (χ1) is 12.3. The summed E-state index contributed by atoms with van der Waals surface area (Å²) in [5, 5.41) is 0.301. The van der Waals surface area contributed by atoms with Crippen LogP contribution in [0.1, 0.15) is 17.0 Å². The Morgan fingerprint density at radius 2 is 1.62 bits per heavy atom. The lowest BCUT2D eigenvalue weighted by molar-refractivity contribution is -0.139. The Labute approximate surface area is 158 Å². The largest absolute Gasteiger partial charge is 0.399 e. The van der Waals surface area contributed by atoms with Crippen LogP contribution in [0.5, 0.6) is 0 Å². The Bertz CT molecular complexity index is 808. The molecule has 3 nitrogen and oxygen atoms in total. The summed E-state index contributed by atoms with van der Waals surface area (Å²) in [6, 6.07) is 10.5. The maximum absolute atomic E-state index is 13.4. The zero-order chi connectivity index (χ0) is 19.2. The van der Waals surface area contributed by atoms with Gasteiger partial charge in [0.15, 0.2) is 0 Å². The molecule has 0 aliphatic heterocycles. The molecule has 0 aliphatic carbocycles. The smallest absolute Gasteiger partial charge is 0.390 e. The van der Waals surface area contributed by atoms with E-state index in [0.717, 1.165) is 12.4 Å². The monoisotopic (exact) mass is 399 g/mol. The van der Waals surface area contributed by atoms with Gasteiger partial charge in [-0.1, -0.05) is 47.5 Å². The number of alkyl halides is 3. The topological polar surface area (TPSA) is 50.7 Å². The summed E-state index contributed by atoms with van der Waals surface area (Å²) < 4.78 is 40.3. The second kappa shape index (κ2) is 8.87. The molecule has 0 amide bonds. The molecule has 0 radical (unpaired) electrons. The molecule has 0 saturated carbocycles. The molecule has 8 heteroatoms. The second-order valence-corrected chi connectivity index (χ2v) is 6.09. The van der Waals surface area contributed by atoms with Crippen molar-refractivity contribution in [1.29, 1.82) is 0 Å². The van der Waals surface area contributed by atoms with Crippen LogP contribution in [0.3, 0.4) is 0 Å². The van der Waals surface area contributed by atoms with Crippen molar-refractivity contribution in [3.05, 3.63) is 69.7 Å². The Morgan fingerprint density at radius 3 is 2.15 bits per heavy atom. The molecule has 136 valence electrons. The highest BCUT2D eigenvalue weighted by Gasteiger charge is 2.39. The number of aliphatic imine (C=N–C) groups is 2. The summed E-state index contributed by atoms with van der Waals surface area (Å²) in [5.41, 5.74) is 6.25. The van der Waals surface area contributed by atoms with Crippen molar-refractivity contribution < 1.29 is 13.2 Å². The van der Waals surface area contributed by atoms with Crippen molar-refractivity contribution in [2.75, 3.05) is 0 Å². The van der Waals surface area contributed by atoms with Gasteiger partial charge in [0.1, 0.15) is 6.34 Å². The molecule has 1 atom stereocenters. The maximum atomic E-state index is 13.4. The van der Waals surface area contributed by atoms with Crippen LogP contribution in [0.15, 0.2) is 58.5 Å². The summed E-state index contributed by atoms with van der Waals surface area (Å²) in [6.07, 6.45) is 0.347. The van der Waals surface area contributed by atoms with E-state index >= 15 is 0 Å². The third-order valence-corrected chi connectivity index (χ3v) is 3.77. The molecular formula is C18H14Cl2F3N3. The summed E-state index contributed by atoms with van der Waals surface area (Å²) >= 11 is 11.6. The zero-order valence-corrected chi connectivity index (χ0v) is 14.8. The van der Waals surface area contributed by atoms with E-state index in [4.69, 9.17) is 28.9 Å². The van der Waals surface area contributed by atoms with Gasteiger partial charge in [-0.25, -0.2) is 9.98 Å². The normalized spacial score (nSPS) is 13.9. The average Bonchev–Trinajstić information content (AvgIpc) is 2.54. The number of rotatable bonds is 5. The highest BCUT2D eigenvalue weighted by Crippen LogP contribution is 2.38. The van der Waals surface area contributed by atoms with Crippen molar-refractivity contribution in [3.63, 3.8) is 0 Å². The van der Waals surface area contributed by atoms with Crippen molar-refractivity contribution in [1.82, 2.24) is 0 Å². The number of nitrogens with two attached hydrogens (primary N) is 1. The van der Waals surface area contributed by atoms with Gasteiger partial charge < -0.3 is 5.73 Å². The molecule has 2 N–H and O–H groups in total. The van der Waals surface area contributed by atoms with Gasteiger partial charge >= 0.3 is 6.18 Å². The minimum Gasteiger partial charge on any atom is -0.390 e. The second-order valence-electron chi connectivity index (χ2n) is 5.22. The fourth-order valence-electron chi connectivity index (χ4n) is 2.18. The van der Waals surface area contributed by atoms with E-state index < -0.39 is 12.1 Å². The molecule has 2 rings (SSSR count). The molecule has 0 aliphatic rings. The molecule has 0 fully saturated rings. The van der Waals surface area contributed by atoms with Gasteiger partial charge in [0, 0.05) is 10.0 Å². The van der Waals surface area contributed by atoms with Crippen LogP contribution in [0.2, 0.25) is 10.0 Å². The highest BCUT2D eigenvalue weighted by molar-refractivity contribution is 6.34. The van der Waals surface area contributed by atoms with Crippen LogP contribution in [0.4, 0.5) is 18.9 Å². The lowest BCUT2D eigenvalue weighted by Crippen LogP contribution is -2.18. The number of halogens is 5. The third kappa shape index (κ3) is 5.89. The number of allylic oxidation sites excluding steroid dienone is 1. The molecular weight excluding hydrogens is 386 g/mol. The lowest BCUT2D eigenvalue weighted by atomic mass is 9.97. The number of nitrogens with zero attached hydrogens (tertiary/aromatic N) is 2. The Hall–Kier alpha value is -2.31. The Kier molecular flexibility index (Phi) is 6.83. The van der Waals surface area contributed by atoms with Gasteiger partial charge in [-0.2, -0.15) is 13.2 Å². The van der Waals surface area contributed by atoms with Gasteiger partial charge in [-0.3, -0.25) is 0 Å². The molecule has 0 saturated heterocycles. The van der Waals surface area contributed by atoms with Gasteiger partial charge in [0.25, 0.3) is 0 Å². The predicted octanol–water partition coefficient (Wildman–Crippen LogP) is 6.00. The van der Waals surface area contributed by atoms with Crippen LogP contribution in [-0.4, -0.2) is 18.9 Å². The molecule has 0 aromatic heterocycles. The first-order valence-corrected chi connectivity index (χ1v) is 8.12. The van der Waals surface area contributed by atoms with Crippen LogP contribution in [-0.2, 0) is 0 Å². The van der Waals surface area contributed by atoms with Crippen molar-refractivity contribution in [2.45, 2.75) is 12.1 Å². The highest BCUT2D eigenvalue weighted by atomic mass is 35.5. The molecule has 0 bridgehead atoms. The maximum Gasteiger partial charge on any atom is 0.399 e. The van der Waals surface area contributed by atoms with Crippen LogP contribution >= 0.6 is 23.2 Å². The summed E-state index contributed by atoms with van der Waals surface area (Å²) in [4.78, 5) is 7.63. The standard InChI is InChI=1S/C18H14Cl2F3N3/c19-14-7-13(8-15(20)9-14)17(18(21,22)23)6-3-12-1-4-16(5-2-12)26-11-25-10-24/h1-11,17H,(H2,24,25,26)/b6-3+. The van der Waals surface area contributed by atoms with E-state index in [1.807, 2.05) is 0 Å². The molecule has 26 heavy (non-hydrogen) atoms. The van der Waals surface area contributed by atoms with E-state index in [1.165, 1.54) is 30.6 Å². The fraction of sp³-hybridized carbons (Fsp3) is 0.111. The minimum absolute atomic E-state index is 0.0212. The predicted molar refractivity (Wildman–Crippen MR) is 102 cm³/mol. The average molecular weight is 400 g/mol. The van der Waals surface area contributed by atoms with Crippen molar-refractivity contribution in [2.24, 2.45) is 15.7 Å². The van der Waals surface area contributed by atoms with Crippen LogP contribution in [0.25, 0.3) is 6.08 Å². The van der Waals surface area contributed by atoms with Crippen LogP contribution in [0, 0.1) is 0 Å². The van der Waals surface area contributed by atoms with E-state index in [0.29, 0.717) is 11.3 Å².